The van der Waals surface area contributed by atoms with Gasteiger partial charge in [-0.05, 0) is 43.2 Å². The molecular weight excluding hydrogens is 324 g/mol. The average Bonchev–Trinajstić information content (AvgIpc) is 2.69. The number of ketones is 1. The lowest BCUT2D eigenvalue weighted by Crippen LogP contribution is -2.11. The molecule has 0 fully saturated rings. The number of aryl methyl sites for hydroxylation is 1. The van der Waals surface area contributed by atoms with Gasteiger partial charge in [-0.25, -0.2) is 9.97 Å². The zero-order chi connectivity index (χ0) is 18.5. The zero-order valence-corrected chi connectivity index (χ0v) is 15.2. The largest absolute Gasteiger partial charge is 0.324 e. The van der Waals surface area contributed by atoms with E-state index in [9.17, 15) is 4.79 Å². The maximum atomic E-state index is 12.5. The van der Waals surface area contributed by atoms with Gasteiger partial charge in [0.2, 0.25) is 5.95 Å². The molecule has 0 saturated carbocycles. The third-order valence-corrected chi connectivity index (χ3v) is 4.44. The first-order valence-corrected chi connectivity index (χ1v) is 8.73. The van der Waals surface area contributed by atoms with Crippen LogP contribution in [0, 0.1) is 12.8 Å². The van der Waals surface area contributed by atoms with Gasteiger partial charge in [-0.2, -0.15) is 0 Å². The lowest BCUT2D eigenvalue weighted by molar-refractivity contribution is 0.0927. The van der Waals surface area contributed by atoms with Gasteiger partial charge < -0.3 is 5.32 Å². The Kier molecular flexibility index (Phi) is 5.37. The second kappa shape index (κ2) is 7.87. The molecule has 1 aromatic carbocycles. The summed E-state index contributed by atoms with van der Waals surface area (Å²) in [7, 11) is 0. The topological polar surface area (TPSA) is 67.8 Å². The normalized spacial score (nSPS) is 11.8. The van der Waals surface area contributed by atoms with Gasteiger partial charge in [0.15, 0.2) is 5.78 Å². The second-order valence-corrected chi connectivity index (χ2v) is 6.34. The molecule has 3 aromatic rings. The van der Waals surface area contributed by atoms with Crippen molar-refractivity contribution >= 4 is 17.4 Å². The number of hydrogen-bond acceptors (Lipinski definition) is 5. The van der Waals surface area contributed by atoms with Gasteiger partial charge in [-0.3, -0.25) is 9.78 Å². The lowest BCUT2D eigenvalue weighted by Gasteiger charge is -2.13. The summed E-state index contributed by atoms with van der Waals surface area (Å²) in [5.74, 6) is 0.652. The van der Waals surface area contributed by atoms with E-state index in [0.29, 0.717) is 11.5 Å². The number of Topliss-reactive ketones (excluding diaryl/α,β-unsaturated/α-hetero) is 1. The SMILES string of the molecule is CCC(C)C(=O)c1ccc(C)c(Nc2nccc(-c3cccnc3)n2)c1. The number of benzene rings is 1. The Bertz CT molecular complexity index is 909. The molecule has 26 heavy (non-hydrogen) atoms. The van der Waals surface area contributed by atoms with Crippen LogP contribution in [0.3, 0.4) is 0 Å². The molecule has 5 heteroatoms. The Labute approximate surface area is 153 Å². The Balaban J connectivity index is 1.88. The van der Waals surface area contributed by atoms with Crippen LogP contribution in [-0.4, -0.2) is 20.7 Å². The van der Waals surface area contributed by atoms with Gasteiger partial charge in [0.05, 0.1) is 5.69 Å². The average molecular weight is 346 g/mol. The Morgan fingerprint density at radius 1 is 1.19 bits per heavy atom. The first-order chi connectivity index (χ1) is 12.6. The number of carbonyl (C=O) groups excluding carboxylic acids is 1. The molecule has 2 heterocycles. The number of hydrogen-bond donors (Lipinski definition) is 1. The van der Waals surface area contributed by atoms with E-state index in [1.54, 1.807) is 18.6 Å². The third kappa shape index (κ3) is 3.94. The summed E-state index contributed by atoms with van der Waals surface area (Å²) in [5.41, 5.74) is 4.29. The van der Waals surface area contributed by atoms with E-state index in [2.05, 4.69) is 20.3 Å². The molecule has 0 aliphatic carbocycles. The van der Waals surface area contributed by atoms with Gasteiger partial charge in [0.25, 0.3) is 0 Å². The van der Waals surface area contributed by atoms with Crippen molar-refractivity contribution in [2.24, 2.45) is 5.92 Å². The third-order valence-electron chi connectivity index (χ3n) is 4.44. The smallest absolute Gasteiger partial charge is 0.227 e. The number of nitrogens with zero attached hydrogens (tertiary/aromatic N) is 3. The van der Waals surface area contributed by atoms with Crippen molar-refractivity contribution in [3.8, 4) is 11.3 Å². The van der Waals surface area contributed by atoms with Crippen molar-refractivity contribution < 1.29 is 4.79 Å². The molecule has 0 spiro atoms. The van der Waals surface area contributed by atoms with Gasteiger partial charge in [-0.1, -0.05) is 26.0 Å². The predicted molar refractivity (Wildman–Crippen MR) is 104 cm³/mol. The monoisotopic (exact) mass is 346 g/mol. The van der Waals surface area contributed by atoms with E-state index in [4.69, 9.17) is 0 Å². The van der Waals surface area contributed by atoms with E-state index in [1.807, 2.05) is 57.2 Å². The van der Waals surface area contributed by atoms with Crippen molar-refractivity contribution in [1.82, 2.24) is 15.0 Å². The van der Waals surface area contributed by atoms with Crippen molar-refractivity contribution in [1.29, 1.82) is 0 Å². The van der Waals surface area contributed by atoms with Gasteiger partial charge in [-0.15, -0.1) is 0 Å². The lowest BCUT2D eigenvalue weighted by atomic mass is 9.96. The van der Waals surface area contributed by atoms with E-state index >= 15 is 0 Å². The summed E-state index contributed by atoms with van der Waals surface area (Å²) in [4.78, 5) is 25.4. The first kappa shape index (κ1) is 17.7. The molecule has 0 aliphatic rings. The van der Waals surface area contributed by atoms with Gasteiger partial charge >= 0.3 is 0 Å². The van der Waals surface area contributed by atoms with E-state index < -0.39 is 0 Å². The van der Waals surface area contributed by atoms with Crippen LogP contribution in [0.5, 0.6) is 0 Å². The molecule has 1 N–H and O–H groups in total. The molecule has 0 amide bonds. The summed E-state index contributed by atoms with van der Waals surface area (Å²) in [6.07, 6.45) is 6.03. The Morgan fingerprint density at radius 3 is 2.77 bits per heavy atom. The van der Waals surface area contributed by atoms with Crippen molar-refractivity contribution in [2.75, 3.05) is 5.32 Å². The van der Waals surface area contributed by atoms with Crippen molar-refractivity contribution in [2.45, 2.75) is 27.2 Å². The molecule has 2 aromatic heterocycles. The van der Waals surface area contributed by atoms with Crippen molar-refractivity contribution in [3.05, 3.63) is 66.1 Å². The molecule has 1 unspecified atom stereocenters. The minimum atomic E-state index is 0.00992. The number of carbonyl (C=O) groups is 1. The highest BCUT2D eigenvalue weighted by molar-refractivity contribution is 5.98. The Morgan fingerprint density at radius 2 is 2.04 bits per heavy atom. The number of aromatic nitrogens is 3. The molecule has 0 bridgehead atoms. The highest BCUT2D eigenvalue weighted by Gasteiger charge is 2.15. The molecule has 3 rings (SSSR count). The molecule has 5 nitrogen and oxygen atoms in total. The summed E-state index contributed by atoms with van der Waals surface area (Å²) in [6.45, 7) is 5.97. The van der Waals surface area contributed by atoms with Crippen LogP contribution in [0.4, 0.5) is 11.6 Å². The number of anilines is 2. The Hall–Kier alpha value is -3.08. The number of rotatable bonds is 6. The predicted octanol–water partition coefficient (Wildman–Crippen LogP) is 4.82. The summed E-state index contributed by atoms with van der Waals surface area (Å²) in [6, 6.07) is 11.4. The molecule has 1 atom stereocenters. The van der Waals surface area contributed by atoms with Crippen LogP contribution in [-0.2, 0) is 0 Å². The highest BCUT2D eigenvalue weighted by atomic mass is 16.1. The molecule has 0 radical (unpaired) electrons. The van der Waals surface area contributed by atoms with E-state index in [-0.39, 0.29) is 11.7 Å². The fraction of sp³-hybridized carbons (Fsp3) is 0.238. The minimum Gasteiger partial charge on any atom is -0.324 e. The van der Waals surface area contributed by atoms with Crippen LogP contribution in [0.15, 0.2) is 55.0 Å². The minimum absolute atomic E-state index is 0.00992. The first-order valence-electron chi connectivity index (χ1n) is 8.73. The van der Waals surface area contributed by atoms with Crippen LogP contribution < -0.4 is 5.32 Å². The van der Waals surface area contributed by atoms with Crippen LogP contribution in [0.1, 0.15) is 36.2 Å². The van der Waals surface area contributed by atoms with Crippen LogP contribution in [0.25, 0.3) is 11.3 Å². The summed E-state index contributed by atoms with van der Waals surface area (Å²) in [5, 5.41) is 3.24. The molecular formula is C21H22N4O. The van der Waals surface area contributed by atoms with Crippen LogP contribution in [0.2, 0.25) is 0 Å². The second-order valence-electron chi connectivity index (χ2n) is 6.34. The zero-order valence-electron chi connectivity index (χ0n) is 15.2. The van der Waals surface area contributed by atoms with Gasteiger partial charge in [0.1, 0.15) is 0 Å². The number of pyridine rings is 1. The quantitative estimate of drug-likeness (QED) is 0.648. The number of nitrogens with one attached hydrogen (secondary N) is 1. The fourth-order valence-electron chi connectivity index (χ4n) is 2.59. The maximum absolute atomic E-state index is 12.5. The van der Waals surface area contributed by atoms with E-state index in [1.165, 1.54) is 0 Å². The standard InChI is InChI=1S/C21H22N4O/c1-4-14(2)20(26)16-8-7-15(3)19(12-16)25-21-23-11-9-18(24-21)17-6-5-10-22-13-17/h5-14H,4H2,1-3H3,(H,23,24,25). The molecule has 0 saturated heterocycles. The van der Waals surface area contributed by atoms with E-state index in [0.717, 1.165) is 28.9 Å². The van der Waals surface area contributed by atoms with Crippen LogP contribution >= 0.6 is 0 Å². The molecule has 132 valence electrons. The highest BCUT2D eigenvalue weighted by Crippen LogP contribution is 2.23. The maximum Gasteiger partial charge on any atom is 0.227 e. The van der Waals surface area contributed by atoms with Gasteiger partial charge in [0, 0.05) is 41.3 Å². The molecule has 0 aliphatic heterocycles. The summed E-state index contributed by atoms with van der Waals surface area (Å²) >= 11 is 0. The fourth-order valence-corrected chi connectivity index (χ4v) is 2.59. The summed E-state index contributed by atoms with van der Waals surface area (Å²) < 4.78 is 0. The van der Waals surface area contributed by atoms with Crippen molar-refractivity contribution in [3.63, 3.8) is 0 Å².